The fraction of sp³-hybridized carbons (Fsp3) is 0.875. The Morgan fingerprint density at radius 1 is 0.950 bits per heavy atom. The number of esters is 2. The highest BCUT2D eigenvalue weighted by atomic mass is 16.5. The minimum Gasteiger partial charge on any atom is -0.465 e. The zero-order chi connectivity index (χ0) is 15.1. The van der Waals surface area contributed by atoms with Gasteiger partial charge in [-0.15, -0.1) is 0 Å². The van der Waals surface area contributed by atoms with Gasteiger partial charge in [-0.25, -0.2) is 0 Å². The van der Waals surface area contributed by atoms with Crippen molar-refractivity contribution in [2.45, 2.75) is 65.9 Å². The van der Waals surface area contributed by atoms with Crippen LogP contribution in [0.5, 0.6) is 0 Å². The molecule has 1 rings (SSSR count). The number of carbonyl (C=O) groups is 2. The Morgan fingerprint density at radius 3 is 1.90 bits per heavy atom. The maximum atomic E-state index is 11.9. The van der Waals surface area contributed by atoms with E-state index in [1.165, 1.54) is 0 Å². The molecule has 0 N–H and O–H groups in total. The van der Waals surface area contributed by atoms with Crippen molar-refractivity contribution in [1.82, 2.24) is 0 Å². The largest absolute Gasteiger partial charge is 0.465 e. The summed E-state index contributed by atoms with van der Waals surface area (Å²) in [5.74, 6) is 0.250. The third kappa shape index (κ3) is 5.93. The number of rotatable bonds is 6. The van der Waals surface area contributed by atoms with Crippen LogP contribution in [-0.4, -0.2) is 24.6 Å². The van der Waals surface area contributed by atoms with Crippen molar-refractivity contribution < 1.29 is 19.1 Å². The van der Waals surface area contributed by atoms with Gasteiger partial charge in [0.1, 0.15) is 0 Å². The van der Waals surface area contributed by atoms with Gasteiger partial charge in [-0.05, 0) is 51.9 Å². The topological polar surface area (TPSA) is 52.6 Å². The highest BCUT2D eigenvalue weighted by Crippen LogP contribution is 2.30. The normalized spacial score (nSPS) is 22.9. The first-order valence-electron chi connectivity index (χ1n) is 7.77. The highest BCUT2D eigenvalue weighted by molar-refractivity contribution is 5.75. The van der Waals surface area contributed by atoms with Gasteiger partial charge in [0.15, 0.2) is 0 Å². The second kappa shape index (κ2) is 8.28. The minimum absolute atomic E-state index is 0.0368. The fourth-order valence-corrected chi connectivity index (χ4v) is 2.41. The molecule has 0 bridgehead atoms. The molecular formula is C16H28O4. The van der Waals surface area contributed by atoms with Gasteiger partial charge in [0.25, 0.3) is 0 Å². The summed E-state index contributed by atoms with van der Waals surface area (Å²) in [4.78, 5) is 23.7. The van der Waals surface area contributed by atoms with E-state index in [1.807, 2.05) is 13.8 Å². The quantitative estimate of drug-likeness (QED) is 0.702. The van der Waals surface area contributed by atoms with Crippen LogP contribution in [0.4, 0.5) is 0 Å². The number of ether oxygens (including phenoxy) is 2. The standard InChI is InChI=1S/C16H28O4/c1-11(2)9-10-19-15(17)13-5-7-14(8-6-13)16(18)20-12(3)4/h11-14H,5-10H2,1-4H3. The molecule has 0 saturated heterocycles. The summed E-state index contributed by atoms with van der Waals surface area (Å²) in [6.45, 7) is 8.44. The van der Waals surface area contributed by atoms with E-state index in [0.717, 1.165) is 32.1 Å². The molecule has 1 aliphatic carbocycles. The Bertz CT molecular complexity index is 314. The molecule has 1 aliphatic rings. The molecule has 0 spiro atoms. The summed E-state index contributed by atoms with van der Waals surface area (Å²) in [7, 11) is 0. The van der Waals surface area contributed by atoms with Crippen LogP contribution in [0.2, 0.25) is 0 Å². The van der Waals surface area contributed by atoms with Crippen molar-refractivity contribution in [2.75, 3.05) is 6.61 Å². The molecular weight excluding hydrogens is 256 g/mol. The zero-order valence-electron chi connectivity index (χ0n) is 13.2. The van der Waals surface area contributed by atoms with Crippen molar-refractivity contribution >= 4 is 11.9 Å². The van der Waals surface area contributed by atoms with Crippen molar-refractivity contribution in [3.63, 3.8) is 0 Å². The summed E-state index contributed by atoms with van der Waals surface area (Å²) in [5.41, 5.74) is 0. The Kier molecular flexibility index (Phi) is 7.03. The third-order valence-electron chi connectivity index (χ3n) is 3.69. The Morgan fingerprint density at radius 2 is 1.45 bits per heavy atom. The van der Waals surface area contributed by atoms with Crippen LogP contribution in [0, 0.1) is 17.8 Å². The molecule has 0 unspecified atom stereocenters. The Labute approximate surface area is 122 Å². The molecule has 0 aromatic carbocycles. The highest BCUT2D eigenvalue weighted by Gasteiger charge is 2.31. The molecule has 0 aliphatic heterocycles. The van der Waals surface area contributed by atoms with E-state index >= 15 is 0 Å². The maximum Gasteiger partial charge on any atom is 0.309 e. The lowest BCUT2D eigenvalue weighted by molar-refractivity contribution is -0.157. The minimum atomic E-state index is -0.119. The van der Waals surface area contributed by atoms with Gasteiger partial charge >= 0.3 is 11.9 Å². The summed E-state index contributed by atoms with van der Waals surface area (Å²) in [6.07, 6.45) is 3.77. The van der Waals surface area contributed by atoms with Crippen LogP contribution in [0.15, 0.2) is 0 Å². The number of hydrogen-bond donors (Lipinski definition) is 0. The monoisotopic (exact) mass is 284 g/mol. The molecule has 20 heavy (non-hydrogen) atoms. The van der Waals surface area contributed by atoms with E-state index in [9.17, 15) is 9.59 Å². The molecule has 0 radical (unpaired) electrons. The predicted octanol–water partition coefficient (Wildman–Crippen LogP) is 3.33. The first kappa shape index (κ1) is 17.0. The Balaban J connectivity index is 2.27. The first-order valence-corrected chi connectivity index (χ1v) is 7.77. The Hall–Kier alpha value is -1.06. The van der Waals surface area contributed by atoms with Crippen molar-refractivity contribution in [2.24, 2.45) is 17.8 Å². The van der Waals surface area contributed by atoms with Gasteiger partial charge in [0, 0.05) is 0 Å². The van der Waals surface area contributed by atoms with Crippen LogP contribution in [0.3, 0.4) is 0 Å². The van der Waals surface area contributed by atoms with Gasteiger partial charge in [-0.1, -0.05) is 13.8 Å². The van der Waals surface area contributed by atoms with Crippen molar-refractivity contribution in [1.29, 1.82) is 0 Å². The van der Waals surface area contributed by atoms with E-state index in [1.54, 1.807) is 0 Å². The lowest BCUT2D eigenvalue weighted by Gasteiger charge is -2.26. The van der Waals surface area contributed by atoms with E-state index in [4.69, 9.17) is 9.47 Å². The van der Waals surface area contributed by atoms with Crippen LogP contribution in [0.25, 0.3) is 0 Å². The lowest BCUT2D eigenvalue weighted by atomic mass is 9.82. The fourth-order valence-electron chi connectivity index (χ4n) is 2.41. The molecule has 4 nitrogen and oxygen atoms in total. The van der Waals surface area contributed by atoms with Gasteiger partial charge in [0.05, 0.1) is 24.5 Å². The second-order valence-corrected chi connectivity index (χ2v) is 6.38. The van der Waals surface area contributed by atoms with E-state index in [-0.39, 0.29) is 29.9 Å². The summed E-state index contributed by atoms with van der Waals surface area (Å²) < 4.78 is 10.5. The molecule has 4 heteroatoms. The lowest BCUT2D eigenvalue weighted by Crippen LogP contribution is -2.29. The predicted molar refractivity (Wildman–Crippen MR) is 77.1 cm³/mol. The van der Waals surface area contributed by atoms with Crippen LogP contribution in [0.1, 0.15) is 59.8 Å². The summed E-state index contributed by atoms with van der Waals surface area (Å²) in [5, 5.41) is 0. The number of carbonyl (C=O) groups excluding carboxylic acids is 2. The average Bonchev–Trinajstić information content (AvgIpc) is 2.37. The van der Waals surface area contributed by atoms with E-state index < -0.39 is 0 Å². The molecule has 1 saturated carbocycles. The van der Waals surface area contributed by atoms with Crippen molar-refractivity contribution in [3.8, 4) is 0 Å². The molecule has 0 aromatic heterocycles. The van der Waals surface area contributed by atoms with Crippen LogP contribution < -0.4 is 0 Å². The molecule has 0 amide bonds. The van der Waals surface area contributed by atoms with Gasteiger partial charge in [0.2, 0.25) is 0 Å². The van der Waals surface area contributed by atoms with E-state index in [2.05, 4.69) is 13.8 Å². The second-order valence-electron chi connectivity index (χ2n) is 6.38. The summed E-state index contributed by atoms with van der Waals surface area (Å²) >= 11 is 0. The molecule has 0 aromatic rings. The molecule has 0 heterocycles. The number of hydrogen-bond acceptors (Lipinski definition) is 4. The van der Waals surface area contributed by atoms with Gasteiger partial charge in [-0.2, -0.15) is 0 Å². The third-order valence-corrected chi connectivity index (χ3v) is 3.69. The molecule has 0 atom stereocenters. The van der Waals surface area contributed by atoms with E-state index in [0.29, 0.717) is 12.5 Å². The first-order chi connectivity index (χ1) is 9.40. The summed E-state index contributed by atoms with van der Waals surface area (Å²) in [6, 6.07) is 0. The van der Waals surface area contributed by atoms with Crippen LogP contribution in [-0.2, 0) is 19.1 Å². The maximum absolute atomic E-state index is 11.9. The molecule has 1 fully saturated rings. The smallest absolute Gasteiger partial charge is 0.309 e. The van der Waals surface area contributed by atoms with Gasteiger partial charge in [-0.3, -0.25) is 9.59 Å². The molecule has 116 valence electrons. The van der Waals surface area contributed by atoms with Gasteiger partial charge < -0.3 is 9.47 Å². The zero-order valence-corrected chi connectivity index (χ0v) is 13.2. The SMILES string of the molecule is CC(C)CCOC(=O)C1CCC(C(=O)OC(C)C)CC1. The average molecular weight is 284 g/mol. The van der Waals surface area contributed by atoms with Crippen LogP contribution >= 0.6 is 0 Å². The van der Waals surface area contributed by atoms with Crippen molar-refractivity contribution in [3.05, 3.63) is 0 Å².